The van der Waals surface area contributed by atoms with Crippen molar-refractivity contribution in [2.24, 2.45) is 5.41 Å². The number of aromatic nitrogens is 1. The first kappa shape index (κ1) is 35.9. The van der Waals surface area contributed by atoms with Crippen LogP contribution in [0.2, 0.25) is 0 Å². The number of rotatable bonds is 6. The number of likely N-dealkylation sites (tertiary alicyclic amines) is 1. The van der Waals surface area contributed by atoms with Gasteiger partial charge in [0.2, 0.25) is 5.91 Å². The van der Waals surface area contributed by atoms with E-state index in [9.17, 15) is 26.4 Å². The van der Waals surface area contributed by atoms with Crippen molar-refractivity contribution in [3.8, 4) is 0 Å². The third-order valence-corrected chi connectivity index (χ3v) is 12.9. The third-order valence-electron chi connectivity index (χ3n) is 11.5. The summed E-state index contributed by atoms with van der Waals surface area (Å²) in [6.07, 6.45) is 8.09. The average molecular weight is 730 g/mol. The van der Waals surface area contributed by atoms with Crippen LogP contribution in [0.4, 0.5) is 13.2 Å². The van der Waals surface area contributed by atoms with E-state index >= 15 is 4.79 Å². The van der Waals surface area contributed by atoms with Gasteiger partial charge in [-0.05, 0) is 81.8 Å². The van der Waals surface area contributed by atoms with Gasteiger partial charge in [-0.3, -0.25) is 14.3 Å². The van der Waals surface area contributed by atoms with Gasteiger partial charge in [0.15, 0.2) is 0 Å². The Balaban J connectivity index is 1.47. The lowest BCUT2D eigenvalue weighted by atomic mass is 9.76. The molecule has 1 N–H and O–H groups in total. The summed E-state index contributed by atoms with van der Waals surface area (Å²) >= 11 is 0. The lowest BCUT2D eigenvalue weighted by Crippen LogP contribution is -2.58. The molecule has 4 atom stereocenters. The Kier molecular flexibility index (Phi) is 8.87. The number of likely N-dealkylation sites (N-methyl/N-ethyl adjacent to an activating group) is 1. The van der Waals surface area contributed by atoms with E-state index in [-0.39, 0.29) is 41.6 Å². The molecule has 3 unspecified atom stereocenters. The van der Waals surface area contributed by atoms with Crippen molar-refractivity contribution in [2.75, 3.05) is 34.2 Å². The second-order valence-corrected chi connectivity index (χ2v) is 17.4. The minimum absolute atomic E-state index is 0.00794. The normalized spacial score (nSPS) is 28.7. The van der Waals surface area contributed by atoms with Crippen molar-refractivity contribution >= 4 is 38.5 Å². The molecular formula is C37H46F3N5O5S. The molecule has 51 heavy (non-hydrogen) atoms. The van der Waals surface area contributed by atoms with Crippen molar-refractivity contribution in [1.29, 1.82) is 0 Å². The zero-order valence-corrected chi connectivity index (χ0v) is 30.5. The molecule has 1 aromatic carbocycles. The molecule has 3 aliphatic heterocycles. The number of fused-ring (bicyclic) bond motifs is 7. The van der Waals surface area contributed by atoms with E-state index in [0.717, 1.165) is 73.3 Å². The number of piperazine rings is 1. The summed E-state index contributed by atoms with van der Waals surface area (Å²) in [6.45, 7) is 4.73. The first-order chi connectivity index (χ1) is 23.9. The quantitative estimate of drug-likeness (QED) is 0.408. The molecule has 1 saturated carbocycles. The highest BCUT2D eigenvalue weighted by Crippen LogP contribution is 2.52. The van der Waals surface area contributed by atoms with E-state index < -0.39 is 33.5 Å². The molecule has 3 fully saturated rings. The smallest absolute Gasteiger partial charge is 0.339 e. The Morgan fingerprint density at radius 2 is 1.69 bits per heavy atom. The fraction of sp³-hybridized carbons (Fsp3) is 0.568. The van der Waals surface area contributed by atoms with Gasteiger partial charge in [0.1, 0.15) is 5.60 Å². The number of halogens is 3. The number of ether oxygens (including phenoxy) is 1. The molecule has 1 aromatic heterocycles. The maximum absolute atomic E-state index is 15.0. The van der Waals surface area contributed by atoms with Gasteiger partial charge in [0, 0.05) is 67.9 Å². The van der Waals surface area contributed by atoms with Crippen molar-refractivity contribution in [3.05, 3.63) is 64.9 Å². The van der Waals surface area contributed by atoms with Gasteiger partial charge >= 0.3 is 16.6 Å². The van der Waals surface area contributed by atoms with Crippen molar-refractivity contribution < 1.29 is 35.9 Å². The Morgan fingerprint density at radius 1 is 1.02 bits per heavy atom. The van der Waals surface area contributed by atoms with Crippen LogP contribution in [0.15, 0.2) is 48.1 Å². The average Bonchev–Trinajstić information content (AvgIpc) is 3.45. The molecule has 7 rings (SSSR count). The zero-order chi connectivity index (χ0) is 36.7. The number of nitrogens with zero attached hydrogens (tertiary/aromatic N) is 4. The molecule has 0 radical (unpaired) electrons. The number of amides is 2. The Bertz CT molecular complexity index is 1960. The number of carbonyl (C=O) groups excluding carboxylic acids is 2. The number of nitrogens with one attached hydrogen (secondary N) is 1. The first-order valence-electron chi connectivity index (χ1n) is 17.7. The minimum Gasteiger partial charge on any atom is -0.339 e. The van der Waals surface area contributed by atoms with Crippen molar-refractivity contribution in [3.63, 3.8) is 0 Å². The molecule has 14 heteroatoms. The summed E-state index contributed by atoms with van der Waals surface area (Å²) in [4.78, 5) is 32.6. The molecule has 0 spiro atoms. The van der Waals surface area contributed by atoms with Gasteiger partial charge in [0.05, 0.1) is 11.1 Å². The predicted octanol–water partition coefficient (Wildman–Crippen LogP) is 5.72. The fourth-order valence-electron chi connectivity index (χ4n) is 9.14. The number of allylic oxidation sites excluding steroid dienone is 2. The van der Waals surface area contributed by atoms with Crippen LogP contribution in [-0.4, -0.2) is 97.2 Å². The lowest BCUT2D eigenvalue weighted by Gasteiger charge is -2.43. The molecule has 10 nitrogen and oxygen atoms in total. The van der Waals surface area contributed by atoms with Crippen molar-refractivity contribution in [1.82, 2.24) is 23.4 Å². The second-order valence-electron chi connectivity index (χ2n) is 15.5. The van der Waals surface area contributed by atoms with E-state index in [4.69, 9.17) is 4.74 Å². The van der Waals surface area contributed by atoms with E-state index in [1.165, 1.54) is 27.1 Å². The maximum Gasteiger partial charge on any atom is 0.523 e. The zero-order valence-electron chi connectivity index (χ0n) is 29.7. The second kappa shape index (κ2) is 12.6. The highest BCUT2D eigenvalue weighted by molar-refractivity contribution is 7.87. The van der Waals surface area contributed by atoms with Crippen LogP contribution in [0.5, 0.6) is 0 Å². The number of hydrogen-bond acceptors (Lipinski definition) is 6. The number of alkyl halides is 3. The van der Waals surface area contributed by atoms with E-state index in [0.29, 0.717) is 16.8 Å². The molecule has 2 saturated heterocycles. The minimum atomic E-state index is -4.96. The Morgan fingerprint density at radius 3 is 2.31 bits per heavy atom. The van der Waals surface area contributed by atoms with Crippen LogP contribution >= 0.6 is 0 Å². The van der Waals surface area contributed by atoms with E-state index in [1.807, 2.05) is 22.6 Å². The Labute approximate surface area is 297 Å². The lowest BCUT2D eigenvalue weighted by molar-refractivity contribution is -0.349. The topological polar surface area (TPSA) is 104 Å². The summed E-state index contributed by atoms with van der Waals surface area (Å²) in [5.41, 5.74) is -0.0188. The fourth-order valence-corrected chi connectivity index (χ4v) is 9.67. The molecule has 2 amide bonds. The van der Waals surface area contributed by atoms with E-state index in [1.54, 1.807) is 37.3 Å². The molecule has 2 aliphatic carbocycles. The molecule has 2 bridgehead atoms. The van der Waals surface area contributed by atoms with Gasteiger partial charge in [-0.15, -0.1) is 13.2 Å². The number of carbonyl (C=O) groups is 2. The first-order valence-corrected chi connectivity index (χ1v) is 19.2. The van der Waals surface area contributed by atoms with Crippen molar-refractivity contribution in [2.45, 2.75) is 95.3 Å². The summed E-state index contributed by atoms with van der Waals surface area (Å²) in [5.74, 6) is -0.881. The number of hydrogen-bond donors (Lipinski definition) is 1. The van der Waals surface area contributed by atoms with Crippen LogP contribution in [-0.2, 0) is 26.3 Å². The predicted molar refractivity (Wildman–Crippen MR) is 188 cm³/mol. The van der Waals surface area contributed by atoms with E-state index in [2.05, 4.69) is 9.62 Å². The number of benzene rings is 1. The SMILES string of the molecule is CN1CC2CCC(C1)N2C(=O)[C@]1(C)C=C2C(=CC=CC2(C)OC(F)(F)F)c2c(C3CCCCC3)c3ccc(C(=O)NS(=O)(=O)N(C)C)cc3n2C1. The monoisotopic (exact) mass is 729 g/mol. The molecule has 4 heterocycles. The van der Waals surface area contributed by atoms with Crippen LogP contribution in [0.3, 0.4) is 0 Å². The maximum atomic E-state index is 15.0. The van der Waals surface area contributed by atoms with Gasteiger partial charge in [0.25, 0.3) is 5.91 Å². The molecule has 276 valence electrons. The standard InChI is InChI=1S/C37H46F3N5O5S/c1-35(34(47)45-25-14-15-26(45)21-43(5)20-25)19-29-27(12-9-17-36(29,2)50-37(38,39)40)32-31(23-10-7-6-8-11-23)28-16-13-24(18-30(28)44(32)22-35)33(46)41-51(48,49)42(3)4/h9,12-13,16-19,23,25-26H,6-8,10-11,14-15,20-22H2,1-5H3,(H,41,46)/t25?,26?,35-,36?/m1/s1. The van der Waals surface area contributed by atoms with Crippen LogP contribution in [0, 0.1) is 5.41 Å². The van der Waals surface area contributed by atoms with Gasteiger partial charge in [-0.2, -0.15) is 12.7 Å². The van der Waals surface area contributed by atoms with Crippen LogP contribution in [0.25, 0.3) is 16.5 Å². The van der Waals surface area contributed by atoms with Gasteiger partial charge in [-0.1, -0.05) is 43.6 Å². The molecular weight excluding hydrogens is 683 g/mol. The van der Waals surface area contributed by atoms with Crippen LogP contribution in [0.1, 0.15) is 86.3 Å². The summed E-state index contributed by atoms with van der Waals surface area (Å²) in [5, 5.41) is 0.827. The summed E-state index contributed by atoms with van der Waals surface area (Å²) in [6, 6.07) is 5.03. The largest absolute Gasteiger partial charge is 0.523 e. The summed E-state index contributed by atoms with van der Waals surface area (Å²) < 4.78 is 77.7. The highest BCUT2D eigenvalue weighted by atomic mass is 32.2. The molecule has 2 aromatic rings. The highest BCUT2D eigenvalue weighted by Gasteiger charge is 2.51. The summed E-state index contributed by atoms with van der Waals surface area (Å²) in [7, 11) is 0.591. The molecule has 5 aliphatic rings. The van der Waals surface area contributed by atoms with Gasteiger partial charge in [-0.25, -0.2) is 4.72 Å². The third kappa shape index (κ3) is 6.35. The van der Waals surface area contributed by atoms with Gasteiger partial charge < -0.3 is 14.4 Å². The van der Waals surface area contributed by atoms with Crippen LogP contribution < -0.4 is 4.72 Å². The Hall–Kier alpha value is -3.46.